The molecular formula is C20H16Cl2N2O4. The second-order valence-corrected chi connectivity index (χ2v) is 7.63. The molecule has 1 heterocycles. The highest BCUT2D eigenvalue weighted by atomic mass is 35.5. The fourth-order valence-corrected chi connectivity index (χ4v) is 4.61. The molecule has 0 spiro atoms. The molecule has 144 valence electrons. The zero-order valence-corrected chi connectivity index (χ0v) is 16.3. The highest BCUT2D eigenvalue weighted by Gasteiger charge is 2.42. The summed E-state index contributed by atoms with van der Waals surface area (Å²) in [5, 5.41) is 15.5. The number of ether oxygens (including phenoxy) is 1. The number of esters is 1. The van der Waals surface area contributed by atoms with E-state index in [4.69, 9.17) is 27.9 Å². The fraction of sp³-hybridized carbons (Fsp3) is 0.250. The number of benzene rings is 2. The van der Waals surface area contributed by atoms with Gasteiger partial charge in [0, 0.05) is 28.6 Å². The van der Waals surface area contributed by atoms with Gasteiger partial charge in [0.2, 0.25) is 0 Å². The van der Waals surface area contributed by atoms with Crippen LogP contribution in [-0.2, 0) is 4.74 Å². The number of fused-ring (bicyclic) bond motifs is 3. The van der Waals surface area contributed by atoms with E-state index < -0.39 is 10.9 Å². The van der Waals surface area contributed by atoms with Gasteiger partial charge in [0.05, 0.1) is 34.3 Å². The minimum atomic E-state index is -0.441. The van der Waals surface area contributed by atoms with Gasteiger partial charge in [-0.05, 0) is 36.1 Å². The molecule has 0 fully saturated rings. The van der Waals surface area contributed by atoms with Crippen molar-refractivity contribution < 1.29 is 14.5 Å². The second kappa shape index (κ2) is 7.11. The van der Waals surface area contributed by atoms with Crippen LogP contribution in [0.2, 0.25) is 10.0 Å². The molecule has 6 nitrogen and oxygen atoms in total. The van der Waals surface area contributed by atoms with Gasteiger partial charge in [-0.3, -0.25) is 10.1 Å². The summed E-state index contributed by atoms with van der Waals surface area (Å²) in [5.74, 6) is -0.473. The van der Waals surface area contributed by atoms with Crippen molar-refractivity contribution in [1.82, 2.24) is 0 Å². The normalized spacial score (nSPS) is 22.2. The molecule has 2 aliphatic rings. The van der Waals surface area contributed by atoms with Crippen LogP contribution < -0.4 is 5.32 Å². The number of nitro groups is 1. The first kappa shape index (κ1) is 18.8. The van der Waals surface area contributed by atoms with Crippen LogP contribution in [0.4, 0.5) is 11.4 Å². The first-order chi connectivity index (χ1) is 13.4. The van der Waals surface area contributed by atoms with Crippen LogP contribution in [0, 0.1) is 16.0 Å². The van der Waals surface area contributed by atoms with Gasteiger partial charge in [-0.1, -0.05) is 35.4 Å². The van der Waals surface area contributed by atoms with Crippen LogP contribution in [0.15, 0.2) is 42.5 Å². The van der Waals surface area contributed by atoms with E-state index in [9.17, 15) is 14.9 Å². The lowest BCUT2D eigenvalue weighted by Crippen LogP contribution is -2.31. The maximum atomic E-state index is 12.3. The Bertz CT molecular complexity index is 1020. The number of anilines is 1. The van der Waals surface area contributed by atoms with E-state index in [1.807, 2.05) is 12.2 Å². The van der Waals surface area contributed by atoms with E-state index in [0.717, 1.165) is 12.0 Å². The number of carbonyl (C=O) groups is 1. The molecule has 8 heteroatoms. The van der Waals surface area contributed by atoms with E-state index in [1.165, 1.54) is 25.3 Å². The number of halogens is 2. The summed E-state index contributed by atoms with van der Waals surface area (Å²) in [6, 6.07) is 7.44. The van der Waals surface area contributed by atoms with E-state index in [-0.39, 0.29) is 23.6 Å². The van der Waals surface area contributed by atoms with E-state index in [0.29, 0.717) is 26.9 Å². The van der Waals surface area contributed by atoms with Crippen LogP contribution in [0.1, 0.15) is 39.9 Å². The average molecular weight is 419 g/mol. The first-order valence-electron chi connectivity index (χ1n) is 8.70. The van der Waals surface area contributed by atoms with Crippen molar-refractivity contribution in [3.8, 4) is 0 Å². The van der Waals surface area contributed by atoms with Gasteiger partial charge in [0.25, 0.3) is 5.69 Å². The molecule has 1 aliphatic heterocycles. The Kier molecular flexibility index (Phi) is 4.77. The second-order valence-electron chi connectivity index (χ2n) is 6.81. The highest BCUT2D eigenvalue weighted by molar-refractivity contribution is 6.34. The predicted octanol–water partition coefficient (Wildman–Crippen LogP) is 5.51. The molecule has 2 aromatic carbocycles. The maximum Gasteiger partial charge on any atom is 0.338 e. The Morgan fingerprint density at radius 1 is 1.25 bits per heavy atom. The third kappa shape index (κ3) is 2.93. The molecule has 0 aromatic heterocycles. The molecule has 0 unspecified atom stereocenters. The van der Waals surface area contributed by atoms with Gasteiger partial charge in [-0.15, -0.1) is 0 Å². The number of nitrogens with zero attached hydrogens (tertiary/aromatic N) is 1. The monoisotopic (exact) mass is 418 g/mol. The number of carbonyl (C=O) groups excluding carboxylic acids is 1. The Morgan fingerprint density at radius 2 is 2.00 bits per heavy atom. The maximum absolute atomic E-state index is 12.3. The SMILES string of the molecule is COC(=O)c1ccc(Cl)c2c1[C@@H]1C=CC[C@H]1[C@H](c1cc([N+](=O)[O-])ccc1Cl)N2. The Balaban J connectivity index is 1.88. The van der Waals surface area contributed by atoms with Gasteiger partial charge in [-0.25, -0.2) is 4.79 Å². The number of allylic oxidation sites excluding steroid dienone is 2. The van der Waals surface area contributed by atoms with Gasteiger partial charge in [0.15, 0.2) is 0 Å². The third-order valence-corrected chi connectivity index (χ3v) is 6.06. The zero-order valence-electron chi connectivity index (χ0n) is 14.8. The molecular weight excluding hydrogens is 403 g/mol. The van der Waals surface area contributed by atoms with Gasteiger partial charge in [-0.2, -0.15) is 0 Å². The number of nitro benzene ring substituents is 1. The number of rotatable bonds is 3. The molecule has 0 saturated carbocycles. The van der Waals surface area contributed by atoms with Crippen molar-refractivity contribution in [2.45, 2.75) is 18.4 Å². The summed E-state index contributed by atoms with van der Waals surface area (Å²) < 4.78 is 4.93. The summed E-state index contributed by atoms with van der Waals surface area (Å²) in [4.78, 5) is 23.1. The van der Waals surface area contributed by atoms with Crippen LogP contribution in [0.25, 0.3) is 0 Å². The summed E-state index contributed by atoms with van der Waals surface area (Å²) in [6.45, 7) is 0. The number of non-ortho nitro benzene ring substituents is 1. The lowest BCUT2D eigenvalue weighted by atomic mass is 9.75. The molecule has 0 amide bonds. The van der Waals surface area contributed by atoms with Crippen LogP contribution in [0.5, 0.6) is 0 Å². The molecule has 4 rings (SSSR count). The Labute approximate surface area is 171 Å². The molecule has 28 heavy (non-hydrogen) atoms. The average Bonchev–Trinajstić information content (AvgIpc) is 3.17. The smallest absolute Gasteiger partial charge is 0.338 e. The lowest BCUT2D eigenvalue weighted by Gasteiger charge is -2.39. The van der Waals surface area contributed by atoms with Crippen molar-refractivity contribution in [1.29, 1.82) is 0 Å². The minimum absolute atomic E-state index is 0.0242. The minimum Gasteiger partial charge on any atom is -0.465 e. The van der Waals surface area contributed by atoms with Crippen LogP contribution in [-0.4, -0.2) is 18.0 Å². The highest BCUT2D eigenvalue weighted by Crippen LogP contribution is 2.53. The van der Waals surface area contributed by atoms with Crippen molar-refractivity contribution in [3.05, 3.63) is 79.3 Å². The first-order valence-corrected chi connectivity index (χ1v) is 9.45. The van der Waals surface area contributed by atoms with Gasteiger partial charge >= 0.3 is 5.97 Å². The quantitative estimate of drug-likeness (QED) is 0.307. The van der Waals surface area contributed by atoms with E-state index in [2.05, 4.69) is 5.32 Å². The van der Waals surface area contributed by atoms with Gasteiger partial charge in [0.1, 0.15) is 0 Å². The summed E-state index contributed by atoms with van der Waals surface area (Å²) in [6.07, 6.45) is 4.84. The zero-order chi connectivity index (χ0) is 20.0. The molecule has 1 N–H and O–H groups in total. The molecule has 2 aromatic rings. The van der Waals surface area contributed by atoms with Crippen LogP contribution in [0.3, 0.4) is 0 Å². The van der Waals surface area contributed by atoms with Crippen molar-refractivity contribution in [2.24, 2.45) is 5.92 Å². The number of nitrogens with one attached hydrogen (secondary N) is 1. The lowest BCUT2D eigenvalue weighted by molar-refractivity contribution is -0.384. The Morgan fingerprint density at radius 3 is 2.71 bits per heavy atom. The molecule has 0 bridgehead atoms. The standard InChI is InChI=1S/C20H16Cl2N2O4/c1-28-20(25)13-6-8-16(22)19-17(13)11-3-2-4-12(11)18(23-19)14-9-10(24(26)27)5-7-15(14)21/h2-3,5-9,11-12,18,23H,4H2,1H3/t11-,12-,18-/m1/s1. The molecule has 3 atom stereocenters. The van der Waals surface area contributed by atoms with Crippen molar-refractivity contribution in [2.75, 3.05) is 12.4 Å². The van der Waals surface area contributed by atoms with Crippen LogP contribution >= 0.6 is 23.2 Å². The largest absolute Gasteiger partial charge is 0.465 e. The topological polar surface area (TPSA) is 81.5 Å². The summed E-state index contributed by atoms with van der Waals surface area (Å²) in [7, 11) is 1.34. The Hall–Kier alpha value is -2.57. The van der Waals surface area contributed by atoms with E-state index >= 15 is 0 Å². The summed E-state index contributed by atoms with van der Waals surface area (Å²) in [5.41, 5.74) is 2.49. The fourth-order valence-electron chi connectivity index (χ4n) is 4.15. The molecule has 1 aliphatic carbocycles. The van der Waals surface area contributed by atoms with Gasteiger partial charge < -0.3 is 10.1 Å². The number of hydrogen-bond acceptors (Lipinski definition) is 5. The van der Waals surface area contributed by atoms with E-state index in [1.54, 1.807) is 12.1 Å². The molecule has 0 radical (unpaired) electrons. The molecule has 0 saturated heterocycles. The third-order valence-electron chi connectivity index (χ3n) is 5.40. The number of hydrogen-bond donors (Lipinski definition) is 1. The van der Waals surface area contributed by atoms with Crippen molar-refractivity contribution in [3.63, 3.8) is 0 Å². The number of methoxy groups -OCH3 is 1. The predicted molar refractivity (Wildman–Crippen MR) is 107 cm³/mol. The summed E-state index contributed by atoms with van der Waals surface area (Å²) >= 11 is 12.9. The van der Waals surface area contributed by atoms with Crippen molar-refractivity contribution >= 4 is 40.5 Å².